The van der Waals surface area contributed by atoms with Crippen LogP contribution in [-0.4, -0.2) is 43.2 Å². The average Bonchev–Trinajstić information content (AvgIpc) is 2.16. The molecule has 0 radical (unpaired) electrons. The molecule has 0 amide bonds. The zero-order chi connectivity index (χ0) is 10.8. The van der Waals surface area contributed by atoms with Gasteiger partial charge in [-0.2, -0.15) is 0 Å². The maximum absolute atomic E-state index is 10.3. The lowest BCUT2D eigenvalue weighted by atomic mass is 10.2. The Kier molecular flexibility index (Phi) is 7.77. The highest BCUT2D eigenvalue weighted by Crippen LogP contribution is 1.92. The number of carbonyl (C=O) groups is 1. The predicted molar refractivity (Wildman–Crippen MR) is 52.5 cm³/mol. The number of nitrogens with one attached hydrogen (secondary N) is 2. The summed E-state index contributed by atoms with van der Waals surface area (Å²) in [5, 5.41) is 18.1. The SMILES string of the molecule is N=COCCNCCC[C@H](N)C(=O)O. The van der Waals surface area contributed by atoms with Gasteiger partial charge in [0.15, 0.2) is 6.40 Å². The summed E-state index contributed by atoms with van der Waals surface area (Å²) in [6.07, 6.45) is 2.08. The van der Waals surface area contributed by atoms with Crippen LogP contribution in [0.4, 0.5) is 0 Å². The van der Waals surface area contributed by atoms with Gasteiger partial charge in [0, 0.05) is 6.54 Å². The van der Waals surface area contributed by atoms with Gasteiger partial charge in [0.1, 0.15) is 12.6 Å². The molecule has 1 atom stereocenters. The molecule has 6 heteroatoms. The summed E-state index contributed by atoms with van der Waals surface area (Å²) in [7, 11) is 0. The molecule has 82 valence electrons. The van der Waals surface area contributed by atoms with Crippen molar-refractivity contribution in [2.24, 2.45) is 5.73 Å². The van der Waals surface area contributed by atoms with Crippen LogP contribution in [0.25, 0.3) is 0 Å². The van der Waals surface area contributed by atoms with E-state index in [1.54, 1.807) is 0 Å². The Labute approximate surface area is 82.9 Å². The number of hydrogen-bond donors (Lipinski definition) is 4. The fourth-order valence-corrected chi connectivity index (χ4v) is 0.885. The second-order valence-electron chi connectivity index (χ2n) is 2.83. The first-order valence-corrected chi connectivity index (χ1v) is 4.48. The van der Waals surface area contributed by atoms with Gasteiger partial charge in [0.2, 0.25) is 0 Å². The molecule has 0 aliphatic rings. The first-order chi connectivity index (χ1) is 6.68. The fraction of sp³-hybridized carbons (Fsp3) is 0.750. The molecule has 0 aromatic heterocycles. The Morgan fingerprint density at radius 3 is 2.93 bits per heavy atom. The van der Waals surface area contributed by atoms with E-state index < -0.39 is 12.0 Å². The summed E-state index contributed by atoms with van der Waals surface area (Å²) < 4.78 is 4.66. The van der Waals surface area contributed by atoms with Gasteiger partial charge in [-0.15, -0.1) is 0 Å². The number of aliphatic carboxylic acids is 1. The molecule has 5 N–H and O–H groups in total. The number of carboxylic acids is 1. The lowest BCUT2D eigenvalue weighted by Crippen LogP contribution is -2.31. The van der Waals surface area contributed by atoms with Gasteiger partial charge in [-0.05, 0) is 19.4 Å². The average molecular weight is 203 g/mol. The molecule has 0 aliphatic carbocycles. The predicted octanol–water partition coefficient (Wildman–Crippen LogP) is -0.608. The van der Waals surface area contributed by atoms with Gasteiger partial charge >= 0.3 is 5.97 Å². The quantitative estimate of drug-likeness (QED) is 0.227. The Hall–Kier alpha value is -1.14. The maximum atomic E-state index is 10.3. The van der Waals surface area contributed by atoms with E-state index in [1.807, 2.05) is 0 Å². The fourth-order valence-electron chi connectivity index (χ4n) is 0.885. The Balaban J connectivity index is 3.13. The van der Waals surface area contributed by atoms with Crippen LogP contribution in [0.15, 0.2) is 0 Å². The molecule has 0 saturated carbocycles. The molecule has 0 saturated heterocycles. The molecule has 0 aromatic rings. The lowest BCUT2D eigenvalue weighted by Gasteiger charge is -2.06. The van der Waals surface area contributed by atoms with Crippen LogP contribution < -0.4 is 11.1 Å². The lowest BCUT2D eigenvalue weighted by molar-refractivity contribution is -0.138. The van der Waals surface area contributed by atoms with Crippen LogP contribution in [0.1, 0.15) is 12.8 Å². The molecule has 0 heterocycles. The van der Waals surface area contributed by atoms with Gasteiger partial charge in [-0.25, -0.2) is 0 Å². The highest BCUT2D eigenvalue weighted by molar-refractivity contribution is 5.72. The van der Waals surface area contributed by atoms with Gasteiger partial charge in [-0.1, -0.05) is 0 Å². The van der Waals surface area contributed by atoms with Crippen molar-refractivity contribution in [3.8, 4) is 0 Å². The van der Waals surface area contributed by atoms with Crippen LogP contribution >= 0.6 is 0 Å². The van der Waals surface area contributed by atoms with Crippen molar-refractivity contribution in [2.45, 2.75) is 18.9 Å². The third-order valence-corrected chi connectivity index (χ3v) is 1.67. The normalized spacial score (nSPS) is 12.1. The molecular weight excluding hydrogens is 186 g/mol. The molecule has 0 bridgehead atoms. The topological polar surface area (TPSA) is 108 Å². The summed E-state index contributed by atoms with van der Waals surface area (Å²) >= 11 is 0. The smallest absolute Gasteiger partial charge is 0.320 e. The molecule has 14 heavy (non-hydrogen) atoms. The summed E-state index contributed by atoms with van der Waals surface area (Å²) in [5.41, 5.74) is 5.30. The van der Waals surface area contributed by atoms with E-state index in [4.69, 9.17) is 16.2 Å². The number of carboxylic acid groups (broad SMARTS) is 1. The van der Waals surface area contributed by atoms with Crippen LogP contribution in [0, 0.1) is 5.41 Å². The molecule has 0 aromatic carbocycles. The van der Waals surface area contributed by atoms with Gasteiger partial charge < -0.3 is 20.9 Å². The van der Waals surface area contributed by atoms with E-state index >= 15 is 0 Å². The zero-order valence-corrected chi connectivity index (χ0v) is 8.03. The maximum Gasteiger partial charge on any atom is 0.320 e. The highest BCUT2D eigenvalue weighted by Gasteiger charge is 2.09. The van der Waals surface area contributed by atoms with E-state index in [0.717, 1.165) is 12.8 Å². The minimum absolute atomic E-state index is 0.453. The van der Waals surface area contributed by atoms with Crippen molar-refractivity contribution < 1.29 is 14.6 Å². The number of hydrogen-bond acceptors (Lipinski definition) is 5. The van der Waals surface area contributed by atoms with Crippen molar-refractivity contribution in [3.05, 3.63) is 0 Å². The van der Waals surface area contributed by atoms with E-state index in [-0.39, 0.29) is 0 Å². The Bertz CT molecular complexity index is 175. The van der Waals surface area contributed by atoms with Crippen molar-refractivity contribution >= 4 is 12.4 Å². The number of nitrogens with two attached hydrogens (primary N) is 1. The molecule has 0 aliphatic heterocycles. The summed E-state index contributed by atoms with van der Waals surface area (Å²) in [4.78, 5) is 10.3. The van der Waals surface area contributed by atoms with Gasteiger partial charge in [0.05, 0.1) is 0 Å². The number of rotatable bonds is 9. The Morgan fingerprint density at radius 2 is 2.36 bits per heavy atom. The first kappa shape index (κ1) is 12.9. The summed E-state index contributed by atoms with van der Waals surface area (Å²) in [5.74, 6) is -0.961. The van der Waals surface area contributed by atoms with Crippen LogP contribution in [0.2, 0.25) is 0 Å². The third kappa shape index (κ3) is 7.51. The third-order valence-electron chi connectivity index (χ3n) is 1.67. The van der Waals surface area contributed by atoms with Gasteiger partial charge in [0.25, 0.3) is 0 Å². The minimum Gasteiger partial charge on any atom is -0.482 e. The van der Waals surface area contributed by atoms with E-state index in [0.29, 0.717) is 26.1 Å². The standard InChI is InChI=1S/C8H17N3O3/c9-6-14-5-4-11-3-1-2-7(10)8(12)13/h6-7,9,11H,1-5,10H2,(H,12,13)/t7-/m0/s1. The molecule has 0 unspecified atom stereocenters. The van der Waals surface area contributed by atoms with E-state index in [2.05, 4.69) is 10.1 Å². The summed E-state index contributed by atoms with van der Waals surface area (Å²) in [6.45, 7) is 1.81. The van der Waals surface area contributed by atoms with Crippen molar-refractivity contribution in [3.63, 3.8) is 0 Å². The van der Waals surface area contributed by atoms with Crippen molar-refractivity contribution in [1.82, 2.24) is 5.32 Å². The second-order valence-corrected chi connectivity index (χ2v) is 2.83. The largest absolute Gasteiger partial charge is 0.482 e. The van der Waals surface area contributed by atoms with E-state index in [9.17, 15) is 4.79 Å². The van der Waals surface area contributed by atoms with E-state index in [1.165, 1.54) is 0 Å². The van der Waals surface area contributed by atoms with Crippen LogP contribution in [0.5, 0.6) is 0 Å². The second kappa shape index (κ2) is 8.46. The highest BCUT2D eigenvalue weighted by atomic mass is 16.5. The van der Waals surface area contributed by atoms with Crippen LogP contribution in [0.3, 0.4) is 0 Å². The van der Waals surface area contributed by atoms with Gasteiger partial charge in [-0.3, -0.25) is 10.2 Å². The van der Waals surface area contributed by atoms with Crippen molar-refractivity contribution in [1.29, 1.82) is 5.41 Å². The molecule has 0 rings (SSSR count). The monoisotopic (exact) mass is 203 g/mol. The molecule has 0 fully saturated rings. The Morgan fingerprint density at radius 1 is 1.64 bits per heavy atom. The zero-order valence-electron chi connectivity index (χ0n) is 8.03. The summed E-state index contributed by atoms with van der Waals surface area (Å²) in [6, 6.07) is -0.769. The molecule has 6 nitrogen and oxygen atoms in total. The number of ether oxygens (including phenoxy) is 1. The minimum atomic E-state index is -0.961. The van der Waals surface area contributed by atoms with Crippen LogP contribution in [-0.2, 0) is 9.53 Å². The first-order valence-electron chi connectivity index (χ1n) is 4.48. The molecular formula is C8H17N3O3. The van der Waals surface area contributed by atoms with Crippen molar-refractivity contribution in [2.75, 3.05) is 19.7 Å². The molecule has 0 spiro atoms.